The molecule has 0 saturated carbocycles. The average Bonchev–Trinajstić information content (AvgIpc) is 2.32. The number of hydrogen-bond acceptors (Lipinski definition) is 0. The minimum absolute atomic E-state index is 1.05. The predicted molar refractivity (Wildman–Crippen MR) is 84.3 cm³/mol. The monoisotopic (exact) mass is 430 g/mol. The van der Waals surface area contributed by atoms with Gasteiger partial charge in [-0.1, -0.05) is 36.1 Å². The molecule has 0 fully saturated rings. The summed E-state index contributed by atoms with van der Waals surface area (Å²) in [6, 6.07) is 16.2. The summed E-state index contributed by atoms with van der Waals surface area (Å²) in [6.45, 7) is 0. The zero-order valence-electron chi connectivity index (χ0n) is 8.37. The Morgan fingerprint density at radius 3 is 2.25 bits per heavy atom. The summed E-state index contributed by atoms with van der Waals surface area (Å²) in [5.74, 6) is 6.38. The molecule has 0 radical (unpaired) electrons. The third-order valence-corrected chi connectivity index (χ3v) is 5.16. The maximum Gasteiger partial charge on any atom is 0.0420 e. The molecular weight excluding hydrogens is 422 g/mol. The topological polar surface area (TPSA) is 0 Å². The molecule has 0 N–H and O–H groups in total. The van der Waals surface area contributed by atoms with Gasteiger partial charge in [-0.25, -0.2) is 0 Å². The van der Waals surface area contributed by atoms with Gasteiger partial charge in [0.2, 0.25) is 0 Å². The molecule has 16 heavy (non-hydrogen) atoms. The van der Waals surface area contributed by atoms with Crippen molar-refractivity contribution in [2.45, 2.75) is 0 Å². The van der Waals surface area contributed by atoms with E-state index in [1.807, 2.05) is 36.4 Å². The number of rotatable bonds is 0. The molecule has 0 aliphatic rings. The van der Waals surface area contributed by atoms with Crippen LogP contribution in [0.5, 0.6) is 0 Å². The van der Waals surface area contributed by atoms with Gasteiger partial charge in [-0.2, -0.15) is 0 Å². The zero-order valence-corrected chi connectivity index (χ0v) is 12.7. The van der Waals surface area contributed by atoms with Crippen LogP contribution in [0.2, 0.25) is 0 Å². The van der Waals surface area contributed by atoms with E-state index in [0.717, 1.165) is 11.1 Å². The molecule has 2 rings (SSSR count). The van der Waals surface area contributed by atoms with Gasteiger partial charge in [0.25, 0.3) is 0 Å². The summed E-state index contributed by atoms with van der Waals surface area (Å²) in [6.07, 6.45) is 0. The summed E-state index contributed by atoms with van der Waals surface area (Å²) in [7, 11) is 0. The molecule has 0 nitrogen and oxygen atoms in total. The van der Waals surface area contributed by atoms with E-state index in [2.05, 4.69) is 69.2 Å². The van der Waals surface area contributed by atoms with Gasteiger partial charge in [0, 0.05) is 18.3 Å². The van der Waals surface area contributed by atoms with Crippen molar-refractivity contribution in [3.8, 4) is 11.8 Å². The van der Waals surface area contributed by atoms with Crippen molar-refractivity contribution in [1.82, 2.24) is 0 Å². The molecule has 2 aromatic carbocycles. The van der Waals surface area contributed by atoms with Crippen LogP contribution in [0.4, 0.5) is 0 Å². The first kappa shape index (κ1) is 11.9. The van der Waals surface area contributed by atoms with Crippen LogP contribution in [0, 0.1) is 19.0 Å². The molecule has 0 saturated heterocycles. The minimum atomic E-state index is 1.05. The molecule has 0 bridgehead atoms. The molecular formula is C14H8I2. The van der Waals surface area contributed by atoms with Gasteiger partial charge in [0.05, 0.1) is 0 Å². The SMILES string of the molecule is Ic1cccc(C#Cc2ccccc2)c1I. The Bertz CT molecular complexity index is 548. The smallest absolute Gasteiger partial charge is 0.0420 e. The van der Waals surface area contributed by atoms with Crippen molar-refractivity contribution in [2.24, 2.45) is 0 Å². The molecule has 0 spiro atoms. The predicted octanol–water partition coefficient (Wildman–Crippen LogP) is 4.30. The van der Waals surface area contributed by atoms with Crippen molar-refractivity contribution in [3.05, 3.63) is 66.8 Å². The largest absolute Gasteiger partial charge is 0.0622 e. The fourth-order valence-electron chi connectivity index (χ4n) is 1.26. The highest BCUT2D eigenvalue weighted by atomic mass is 127. The first-order valence-corrected chi connectivity index (χ1v) is 6.94. The quantitative estimate of drug-likeness (QED) is 0.432. The molecule has 0 heterocycles. The Hall–Kier alpha value is -0.540. The molecule has 0 aliphatic carbocycles. The van der Waals surface area contributed by atoms with Gasteiger partial charge in [0.1, 0.15) is 0 Å². The Morgan fingerprint density at radius 1 is 0.750 bits per heavy atom. The first-order valence-electron chi connectivity index (χ1n) is 4.78. The van der Waals surface area contributed by atoms with Gasteiger partial charge in [-0.05, 0) is 69.4 Å². The van der Waals surface area contributed by atoms with Crippen molar-refractivity contribution in [1.29, 1.82) is 0 Å². The molecule has 0 unspecified atom stereocenters. The number of benzene rings is 2. The van der Waals surface area contributed by atoms with Crippen LogP contribution in [0.25, 0.3) is 0 Å². The van der Waals surface area contributed by atoms with Gasteiger partial charge >= 0.3 is 0 Å². The van der Waals surface area contributed by atoms with Crippen LogP contribution in [-0.2, 0) is 0 Å². The fourth-order valence-corrected chi connectivity index (χ4v) is 2.25. The molecule has 0 aliphatic heterocycles. The maximum atomic E-state index is 3.21. The number of halogens is 2. The number of hydrogen-bond donors (Lipinski definition) is 0. The fraction of sp³-hybridized carbons (Fsp3) is 0. The van der Waals surface area contributed by atoms with Gasteiger partial charge in [0.15, 0.2) is 0 Å². The zero-order chi connectivity index (χ0) is 11.4. The van der Waals surface area contributed by atoms with Gasteiger partial charge < -0.3 is 0 Å². The van der Waals surface area contributed by atoms with E-state index in [9.17, 15) is 0 Å². The van der Waals surface area contributed by atoms with Crippen LogP contribution < -0.4 is 0 Å². The lowest BCUT2D eigenvalue weighted by molar-refractivity contribution is 1.53. The Balaban J connectivity index is 2.35. The Labute approximate surface area is 123 Å². The lowest BCUT2D eigenvalue weighted by Gasteiger charge is -1.97. The summed E-state index contributed by atoms with van der Waals surface area (Å²) in [5, 5.41) is 0. The van der Waals surface area contributed by atoms with E-state index in [1.165, 1.54) is 7.14 Å². The minimum Gasteiger partial charge on any atom is -0.0622 e. The second kappa shape index (κ2) is 5.69. The summed E-state index contributed by atoms with van der Waals surface area (Å²) >= 11 is 4.67. The van der Waals surface area contributed by atoms with Crippen LogP contribution in [0.1, 0.15) is 11.1 Å². The summed E-state index contributed by atoms with van der Waals surface area (Å²) in [4.78, 5) is 0. The van der Waals surface area contributed by atoms with Crippen molar-refractivity contribution < 1.29 is 0 Å². The van der Waals surface area contributed by atoms with Crippen molar-refractivity contribution in [3.63, 3.8) is 0 Å². The third kappa shape index (κ3) is 2.98. The lowest BCUT2D eigenvalue weighted by atomic mass is 10.2. The second-order valence-corrected chi connectivity index (χ2v) is 5.46. The van der Waals surface area contributed by atoms with E-state index >= 15 is 0 Å². The molecule has 0 aromatic heterocycles. The van der Waals surface area contributed by atoms with Crippen LogP contribution in [0.3, 0.4) is 0 Å². The maximum absolute atomic E-state index is 3.21. The highest BCUT2D eigenvalue weighted by Crippen LogP contribution is 2.18. The van der Waals surface area contributed by atoms with E-state index in [0.29, 0.717) is 0 Å². The Kier molecular flexibility index (Phi) is 4.24. The first-order chi connectivity index (χ1) is 7.77. The molecule has 78 valence electrons. The standard InChI is InChI=1S/C14H8I2/c15-13-8-4-7-12(14(13)16)10-9-11-5-2-1-3-6-11/h1-8H. The van der Waals surface area contributed by atoms with Gasteiger partial charge in [-0.15, -0.1) is 0 Å². The Morgan fingerprint density at radius 2 is 1.50 bits per heavy atom. The molecule has 0 amide bonds. The van der Waals surface area contributed by atoms with Crippen LogP contribution in [0.15, 0.2) is 48.5 Å². The van der Waals surface area contributed by atoms with E-state index in [-0.39, 0.29) is 0 Å². The molecule has 2 heteroatoms. The third-order valence-electron chi connectivity index (χ3n) is 2.07. The normalized spacial score (nSPS) is 9.38. The van der Waals surface area contributed by atoms with E-state index in [1.54, 1.807) is 0 Å². The molecule has 0 atom stereocenters. The van der Waals surface area contributed by atoms with E-state index < -0.39 is 0 Å². The van der Waals surface area contributed by atoms with Gasteiger partial charge in [-0.3, -0.25) is 0 Å². The lowest BCUT2D eigenvalue weighted by Crippen LogP contribution is -1.85. The summed E-state index contributed by atoms with van der Waals surface area (Å²) < 4.78 is 2.47. The van der Waals surface area contributed by atoms with Crippen LogP contribution >= 0.6 is 45.2 Å². The highest BCUT2D eigenvalue weighted by Gasteiger charge is 1.99. The van der Waals surface area contributed by atoms with Crippen molar-refractivity contribution >= 4 is 45.2 Å². The second-order valence-electron chi connectivity index (χ2n) is 3.22. The van der Waals surface area contributed by atoms with E-state index in [4.69, 9.17) is 0 Å². The van der Waals surface area contributed by atoms with Crippen molar-refractivity contribution in [2.75, 3.05) is 0 Å². The highest BCUT2D eigenvalue weighted by molar-refractivity contribution is 14.1. The van der Waals surface area contributed by atoms with Crippen LogP contribution in [-0.4, -0.2) is 0 Å². The average molecular weight is 430 g/mol. The summed E-state index contributed by atoms with van der Waals surface area (Å²) in [5.41, 5.74) is 2.15. The molecule has 2 aromatic rings.